The van der Waals surface area contributed by atoms with Crippen molar-refractivity contribution in [3.8, 4) is 0 Å². The number of carbonyl (C=O) groups excluding carboxylic acids is 1. The summed E-state index contributed by atoms with van der Waals surface area (Å²) in [6, 6.07) is 8.04. The number of carbonyl (C=O) groups is 1. The van der Waals surface area contributed by atoms with Crippen LogP contribution in [0.5, 0.6) is 0 Å². The highest BCUT2D eigenvalue weighted by atomic mass is 79.9. The highest BCUT2D eigenvalue weighted by molar-refractivity contribution is 9.10. The Morgan fingerprint density at radius 1 is 1.56 bits per heavy atom. The van der Waals surface area contributed by atoms with Crippen molar-refractivity contribution in [2.75, 3.05) is 13.1 Å². The van der Waals surface area contributed by atoms with Gasteiger partial charge in [0.15, 0.2) is 0 Å². The third-order valence-electron chi connectivity index (χ3n) is 3.39. The van der Waals surface area contributed by atoms with Gasteiger partial charge in [0, 0.05) is 10.9 Å². The molecule has 0 aliphatic carbocycles. The van der Waals surface area contributed by atoms with Crippen molar-refractivity contribution < 1.29 is 4.79 Å². The van der Waals surface area contributed by atoms with Crippen LogP contribution in [0.2, 0.25) is 0 Å². The molecule has 18 heavy (non-hydrogen) atoms. The maximum absolute atomic E-state index is 11.9. The van der Waals surface area contributed by atoms with E-state index in [1.54, 1.807) is 0 Å². The Hall–Kier alpha value is -0.870. The number of hydrogen-bond acceptors (Lipinski definition) is 2. The average molecular weight is 311 g/mol. The average Bonchev–Trinajstić information content (AvgIpc) is 2.82. The van der Waals surface area contributed by atoms with E-state index in [2.05, 4.69) is 26.6 Å². The Bertz CT molecular complexity index is 416. The van der Waals surface area contributed by atoms with Gasteiger partial charge in [0.1, 0.15) is 0 Å². The fourth-order valence-corrected chi connectivity index (χ4v) is 2.98. The first-order chi connectivity index (χ1) is 8.66. The van der Waals surface area contributed by atoms with Gasteiger partial charge in [0.2, 0.25) is 5.91 Å². The molecule has 0 bridgehead atoms. The molecule has 1 aromatic rings. The molecule has 98 valence electrons. The zero-order valence-corrected chi connectivity index (χ0v) is 12.2. The van der Waals surface area contributed by atoms with E-state index in [9.17, 15) is 4.79 Å². The van der Waals surface area contributed by atoms with Gasteiger partial charge in [-0.15, -0.1) is 0 Å². The molecule has 1 heterocycles. The summed E-state index contributed by atoms with van der Waals surface area (Å²) in [5.41, 5.74) is 1.12. The molecule has 1 aliphatic rings. The molecule has 0 spiro atoms. The topological polar surface area (TPSA) is 41.1 Å². The maximum Gasteiger partial charge on any atom is 0.220 e. The maximum atomic E-state index is 11.9. The van der Waals surface area contributed by atoms with Gasteiger partial charge < -0.3 is 10.6 Å². The summed E-state index contributed by atoms with van der Waals surface area (Å²) in [6.45, 7) is 4.03. The summed E-state index contributed by atoms with van der Waals surface area (Å²) >= 11 is 3.51. The van der Waals surface area contributed by atoms with Crippen LogP contribution in [0.15, 0.2) is 28.7 Å². The quantitative estimate of drug-likeness (QED) is 0.897. The Morgan fingerprint density at radius 3 is 3.00 bits per heavy atom. The SMILES string of the molecule is C[C@@H](NC(=O)CC1CCNC1)c1ccccc1Br. The summed E-state index contributed by atoms with van der Waals surface area (Å²) < 4.78 is 1.04. The molecule has 3 nitrogen and oxygen atoms in total. The minimum absolute atomic E-state index is 0.0439. The van der Waals surface area contributed by atoms with Gasteiger partial charge in [-0.1, -0.05) is 34.1 Å². The Labute approximate surface area is 116 Å². The Kier molecular flexibility index (Phi) is 4.78. The molecule has 0 aromatic heterocycles. The van der Waals surface area contributed by atoms with Gasteiger partial charge in [-0.05, 0) is 44.0 Å². The zero-order chi connectivity index (χ0) is 13.0. The highest BCUT2D eigenvalue weighted by Gasteiger charge is 2.19. The van der Waals surface area contributed by atoms with Crippen molar-refractivity contribution in [1.29, 1.82) is 0 Å². The lowest BCUT2D eigenvalue weighted by atomic mass is 10.0. The van der Waals surface area contributed by atoms with Crippen LogP contribution in [0.25, 0.3) is 0 Å². The fraction of sp³-hybridized carbons (Fsp3) is 0.500. The highest BCUT2D eigenvalue weighted by Crippen LogP contribution is 2.23. The third kappa shape index (κ3) is 3.56. The molecule has 1 aliphatic heterocycles. The van der Waals surface area contributed by atoms with Crippen molar-refractivity contribution in [3.05, 3.63) is 34.3 Å². The molecule has 2 atom stereocenters. The second-order valence-electron chi connectivity index (χ2n) is 4.87. The molecule has 2 rings (SSSR count). The molecule has 4 heteroatoms. The van der Waals surface area contributed by atoms with Crippen molar-refractivity contribution in [2.24, 2.45) is 5.92 Å². The number of benzene rings is 1. The second kappa shape index (κ2) is 6.34. The van der Waals surface area contributed by atoms with E-state index in [0.29, 0.717) is 12.3 Å². The number of hydrogen-bond donors (Lipinski definition) is 2. The van der Waals surface area contributed by atoms with Crippen LogP contribution in [0.4, 0.5) is 0 Å². The molecule has 1 fully saturated rings. The molecule has 0 saturated carbocycles. The standard InChI is InChI=1S/C14H19BrN2O/c1-10(12-4-2-3-5-13(12)15)17-14(18)8-11-6-7-16-9-11/h2-5,10-11,16H,6-9H2,1H3,(H,17,18)/t10-,11?/m1/s1. The van der Waals surface area contributed by atoms with Crippen LogP contribution in [0.1, 0.15) is 31.4 Å². The molecule has 1 unspecified atom stereocenters. The fourth-order valence-electron chi connectivity index (χ4n) is 2.36. The van der Waals surface area contributed by atoms with Crippen LogP contribution in [0.3, 0.4) is 0 Å². The molecule has 1 aromatic carbocycles. The van der Waals surface area contributed by atoms with E-state index < -0.39 is 0 Å². The first kappa shape index (κ1) is 13.6. The molecule has 2 N–H and O–H groups in total. The number of halogens is 1. The molecular formula is C14H19BrN2O. The van der Waals surface area contributed by atoms with Gasteiger partial charge in [-0.25, -0.2) is 0 Å². The number of amides is 1. The zero-order valence-electron chi connectivity index (χ0n) is 10.6. The van der Waals surface area contributed by atoms with Crippen LogP contribution < -0.4 is 10.6 Å². The summed E-state index contributed by atoms with van der Waals surface area (Å²) in [5.74, 6) is 0.642. The molecule has 0 radical (unpaired) electrons. The van der Waals surface area contributed by atoms with E-state index in [1.807, 2.05) is 31.2 Å². The smallest absolute Gasteiger partial charge is 0.220 e. The van der Waals surface area contributed by atoms with Crippen LogP contribution in [-0.2, 0) is 4.79 Å². The van der Waals surface area contributed by atoms with E-state index in [1.165, 1.54) is 0 Å². The molecular weight excluding hydrogens is 292 g/mol. The van der Waals surface area contributed by atoms with Crippen molar-refractivity contribution in [3.63, 3.8) is 0 Å². The van der Waals surface area contributed by atoms with Crippen molar-refractivity contribution >= 4 is 21.8 Å². The van der Waals surface area contributed by atoms with Gasteiger partial charge in [0.25, 0.3) is 0 Å². The van der Waals surface area contributed by atoms with Crippen LogP contribution in [0, 0.1) is 5.92 Å². The predicted octanol–water partition coefficient (Wildman–Crippen LogP) is 2.63. The van der Waals surface area contributed by atoms with Gasteiger partial charge in [0.05, 0.1) is 6.04 Å². The monoisotopic (exact) mass is 310 g/mol. The lowest BCUT2D eigenvalue weighted by Gasteiger charge is -2.17. The van der Waals surface area contributed by atoms with Crippen LogP contribution >= 0.6 is 15.9 Å². The van der Waals surface area contributed by atoms with Gasteiger partial charge >= 0.3 is 0 Å². The Morgan fingerprint density at radius 2 is 2.33 bits per heavy atom. The summed E-state index contributed by atoms with van der Waals surface area (Å²) in [7, 11) is 0. The third-order valence-corrected chi connectivity index (χ3v) is 4.11. The minimum atomic E-state index is 0.0439. The van der Waals surface area contributed by atoms with Crippen molar-refractivity contribution in [2.45, 2.75) is 25.8 Å². The number of rotatable bonds is 4. The lowest BCUT2D eigenvalue weighted by molar-refractivity contribution is -0.122. The van der Waals surface area contributed by atoms with E-state index >= 15 is 0 Å². The van der Waals surface area contributed by atoms with Gasteiger partial charge in [-0.2, -0.15) is 0 Å². The normalized spacial score (nSPS) is 20.7. The lowest BCUT2D eigenvalue weighted by Crippen LogP contribution is -2.29. The summed E-state index contributed by atoms with van der Waals surface area (Å²) in [6.07, 6.45) is 1.73. The summed E-state index contributed by atoms with van der Waals surface area (Å²) in [5, 5.41) is 6.35. The number of nitrogens with one attached hydrogen (secondary N) is 2. The molecule has 1 saturated heterocycles. The first-order valence-corrected chi connectivity index (χ1v) is 7.20. The predicted molar refractivity (Wildman–Crippen MR) is 76.3 cm³/mol. The molecule has 1 amide bonds. The second-order valence-corrected chi connectivity index (χ2v) is 5.73. The summed E-state index contributed by atoms with van der Waals surface area (Å²) in [4.78, 5) is 11.9. The largest absolute Gasteiger partial charge is 0.350 e. The minimum Gasteiger partial charge on any atom is -0.350 e. The van der Waals surface area contributed by atoms with E-state index in [0.717, 1.165) is 29.5 Å². The van der Waals surface area contributed by atoms with Gasteiger partial charge in [-0.3, -0.25) is 4.79 Å². The first-order valence-electron chi connectivity index (χ1n) is 6.41. The van der Waals surface area contributed by atoms with Crippen LogP contribution in [-0.4, -0.2) is 19.0 Å². The Balaban J connectivity index is 1.88. The van der Waals surface area contributed by atoms with Crippen molar-refractivity contribution in [1.82, 2.24) is 10.6 Å². The van der Waals surface area contributed by atoms with E-state index in [-0.39, 0.29) is 11.9 Å². The van der Waals surface area contributed by atoms with E-state index in [4.69, 9.17) is 0 Å².